The highest BCUT2D eigenvalue weighted by atomic mass is 32.2. The zero-order valence-corrected chi connectivity index (χ0v) is 12.6. The Kier molecular flexibility index (Phi) is 3.17. The largest absolute Gasteiger partial charge is 0.241 e. The van der Waals surface area contributed by atoms with Crippen LogP contribution in [0, 0.1) is 0 Å². The third-order valence-corrected chi connectivity index (χ3v) is 5.15. The van der Waals surface area contributed by atoms with E-state index < -0.39 is 0 Å². The number of benzene rings is 1. The maximum atomic E-state index is 4.71. The lowest BCUT2D eigenvalue weighted by molar-refractivity contribution is 0.717. The zero-order chi connectivity index (χ0) is 13.5. The molecule has 19 heavy (non-hydrogen) atoms. The van der Waals surface area contributed by atoms with Crippen LogP contribution in [0.5, 0.6) is 0 Å². The molecule has 100 valence electrons. The van der Waals surface area contributed by atoms with Gasteiger partial charge in [0.15, 0.2) is 0 Å². The molecule has 2 aromatic rings. The molecule has 1 heterocycles. The summed E-state index contributed by atoms with van der Waals surface area (Å²) in [5, 5.41) is 4.71. The van der Waals surface area contributed by atoms with Gasteiger partial charge >= 0.3 is 0 Å². The summed E-state index contributed by atoms with van der Waals surface area (Å²) in [7, 11) is 0. The summed E-state index contributed by atoms with van der Waals surface area (Å²) in [5.41, 5.74) is 3.75. The van der Waals surface area contributed by atoms with Gasteiger partial charge in [0.2, 0.25) is 0 Å². The van der Waals surface area contributed by atoms with Crippen molar-refractivity contribution in [1.82, 2.24) is 9.78 Å². The van der Waals surface area contributed by atoms with Gasteiger partial charge < -0.3 is 0 Å². The summed E-state index contributed by atoms with van der Waals surface area (Å²) in [5.74, 6) is 0.817. The average molecular weight is 272 g/mol. The highest BCUT2D eigenvalue weighted by Crippen LogP contribution is 2.40. The molecule has 0 N–H and O–H groups in total. The lowest BCUT2D eigenvalue weighted by atomic mass is 10.1. The van der Waals surface area contributed by atoms with Crippen molar-refractivity contribution in [3.63, 3.8) is 0 Å². The quantitative estimate of drug-likeness (QED) is 0.823. The van der Waals surface area contributed by atoms with Crippen LogP contribution in [0.3, 0.4) is 0 Å². The van der Waals surface area contributed by atoms with Crippen molar-refractivity contribution in [3.8, 4) is 5.69 Å². The van der Waals surface area contributed by atoms with Gasteiger partial charge in [0, 0.05) is 6.20 Å². The molecule has 0 bridgehead atoms. The number of hydrogen-bond donors (Lipinski definition) is 0. The minimum absolute atomic E-state index is 0.0687. The van der Waals surface area contributed by atoms with E-state index in [2.05, 4.69) is 56.6 Å². The molecule has 1 aliphatic rings. The molecule has 3 rings (SSSR count). The Labute approximate surface area is 119 Å². The minimum Gasteiger partial charge on any atom is -0.241 e. The fourth-order valence-corrected chi connectivity index (χ4v) is 2.53. The first-order valence-electron chi connectivity index (χ1n) is 6.82. The van der Waals surface area contributed by atoms with Crippen LogP contribution in [0.2, 0.25) is 0 Å². The van der Waals surface area contributed by atoms with Crippen LogP contribution >= 0.6 is 11.8 Å². The second kappa shape index (κ2) is 4.71. The van der Waals surface area contributed by atoms with Gasteiger partial charge in [0.05, 0.1) is 16.1 Å². The van der Waals surface area contributed by atoms with E-state index in [1.54, 1.807) is 0 Å². The summed E-state index contributed by atoms with van der Waals surface area (Å²) in [6.45, 7) is 4.42. The average Bonchev–Trinajstić information content (AvgIpc) is 3.15. The Morgan fingerprint density at radius 2 is 1.84 bits per heavy atom. The first kappa shape index (κ1) is 12.8. The smallest absolute Gasteiger partial charge is 0.0783 e. The Bertz CT molecular complexity index is 565. The van der Waals surface area contributed by atoms with E-state index >= 15 is 0 Å². The topological polar surface area (TPSA) is 17.8 Å². The number of thioether (sulfide) groups is 1. The second-order valence-electron chi connectivity index (χ2n) is 5.73. The van der Waals surface area contributed by atoms with Gasteiger partial charge in [-0.05, 0) is 62.6 Å². The van der Waals surface area contributed by atoms with Crippen molar-refractivity contribution >= 4 is 11.8 Å². The van der Waals surface area contributed by atoms with E-state index in [0.717, 1.165) is 17.3 Å². The number of rotatable bonds is 4. The fourth-order valence-electron chi connectivity index (χ4n) is 2.21. The van der Waals surface area contributed by atoms with Gasteiger partial charge in [-0.1, -0.05) is 12.1 Å². The van der Waals surface area contributed by atoms with Gasteiger partial charge in [0.1, 0.15) is 0 Å². The molecule has 3 heteroatoms. The Balaban J connectivity index is 1.85. The monoisotopic (exact) mass is 272 g/mol. The first-order valence-corrected chi connectivity index (χ1v) is 8.04. The Morgan fingerprint density at radius 3 is 2.42 bits per heavy atom. The van der Waals surface area contributed by atoms with Gasteiger partial charge in [-0.25, -0.2) is 4.68 Å². The molecule has 0 unspecified atom stereocenters. The molecule has 0 aliphatic heterocycles. The fraction of sp³-hybridized carbons (Fsp3) is 0.438. The second-order valence-corrected chi connectivity index (χ2v) is 7.15. The predicted molar refractivity (Wildman–Crippen MR) is 82.1 cm³/mol. The standard InChI is InChI=1S/C16H20N2S/c1-16(2,19-3)15-10-11-18(17-15)14-8-6-13(7-9-14)12-4-5-12/h6-12H,4-5H2,1-3H3. The number of hydrogen-bond acceptors (Lipinski definition) is 2. The predicted octanol–water partition coefficient (Wildman–Crippen LogP) is 4.35. The van der Waals surface area contributed by atoms with Crippen LogP contribution in [0.1, 0.15) is 43.9 Å². The van der Waals surface area contributed by atoms with E-state index in [1.807, 2.05) is 16.4 Å². The molecule has 0 saturated heterocycles. The van der Waals surface area contributed by atoms with E-state index in [0.29, 0.717) is 0 Å². The van der Waals surface area contributed by atoms with Crippen molar-refractivity contribution in [3.05, 3.63) is 47.8 Å². The molecule has 1 fully saturated rings. The van der Waals surface area contributed by atoms with E-state index in [4.69, 9.17) is 5.10 Å². The van der Waals surface area contributed by atoms with Gasteiger partial charge in [-0.15, -0.1) is 0 Å². The molecule has 1 aliphatic carbocycles. The third kappa shape index (κ3) is 2.57. The van der Waals surface area contributed by atoms with E-state index in [9.17, 15) is 0 Å². The summed E-state index contributed by atoms with van der Waals surface area (Å²) in [6, 6.07) is 11.0. The molecule has 1 aromatic carbocycles. The van der Waals surface area contributed by atoms with Crippen molar-refractivity contribution < 1.29 is 0 Å². The van der Waals surface area contributed by atoms with E-state index in [-0.39, 0.29) is 4.75 Å². The van der Waals surface area contributed by atoms with Crippen molar-refractivity contribution in [2.45, 2.75) is 37.4 Å². The van der Waals surface area contributed by atoms with Gasteiger partial charge in [0.25, 0.3) is 0 Å². The van der Waals surface area contributed by atoms with Crippen LogP contribution in [0.4, 0.5) is 0 Å². The summed E-state index contributed by atoms with van der Waals surface area (Å²) in [6.07, 6.45) is 6.89. The number of nitrogens with zero attached hydrogens (tertiary/aromatic N) is 2. The van der Waals surface area contributed by atoms with Crippen molar-refractivity contribution in [2.75, 3.05) is 6.26 Å². The molecular formula is C16H20N2S. The molecule has 0 spiro atoms. The lowest BCUT2D eigenvalue weighted by Gasteiger charge is -2.18. The van der Waals surface area contributed by atoms with Crippen molar-refractivity contribution in [1.29, 1.82) is 0 Å². The summed E-state index contributed by atoms with van der Waals surface area (Å²) >= 11 is 1.83. The summed E-state index contributed by atoms with van der Waals surface area (Å²) < 4.78 is 2.04. The molecule has 2 nitrogen and oxygen atoms in total. The molecule has 0 atom stereocenters. The molecule has 0 radical (unpaired) electrons. The highest BCUT2D eigenvalue weighted by molar-refractivity contribution is 7.99. The SMILES string of the molecule is CSC(C)(C)c1ccn(-c2ccc(C3CC3)cc2)n1. The molecule has 0 amide bonds. The van der Waals surface area contributed by atoms with Crippen LogP contribution in [-0.4, -0.2) is 16.0 Å². The Hall–Kier alpha value is -1.22. The van der Waals surface area contributed by atoms with Gasteiger partial charge in [-0.3, -0.25) is 0 Å². The molecule has 1 aromatic heterocycles. The molecule has 1 saturated carbocycles. The zero-order valence-electron chi connectivity index (χ0n) is 11.8. The Morgan fingerprint density at radius 1 is 1.16 bits per heavy atom. The lowest BCUT2D eigenvalue weighted by Crippen LogP contribution is -2.12. The maximum absolute atomic E-state index is 4.71. The number of aromatic nitrogens is 2. The normalized spacial score (nSPS) is 15.7. The van der Waals surface area contributed by atoms with Crippen LogP contribution < -0.4 is 0 Å². The van der Waals surface area contributed by atoms with E-state index in [1.165, 1.54) is 18.4 Å². The first-order chi connectivity index (χ1) is 9.10. The van der Waals surface area contributed by atoms with Crippen LogP contribution in [0.25, 0.3) is 5.69 Å². The minimum atomic E-state index is 0.0687. The molecular weight excluding hydrogens is 252 g/mol. The third-order valence-electron chi connectivity index (χ3n) is 3.92. The maximum Gasteiger partial charge on any atom is 0.0783 e. The van der Waals surface area contributed by atoms with Gasteiger partial charge in [-0.2, -0.15) is 16.9 Å². The van der Waals surface area contributed by atoms with Crippen LogP contribution in [-0.2, 0) is 4.75 Å². The van der Waals surface area contributed by atoms with Crippen molar-refractivity contribution in [2.24, 2.45) is 0 Å². The summed E-state index contributed by atoms with van der Waals surface area (Å²) in [4.78, 5) is 0. The van der Waals surface area contributed by atoms with Crippen LogP contribution in [0.15, 0.2) is 36.5 Å². The highest BCUT2D eigenvalue weighted by Gasteiger charge is 2.24.